The van der Waals surface area contributed by atoms with Crippen molar-refractivity contribution in [1.29, 1.82) is 0 Å². The number of aliphatic imine (C=N–C) groups is 2. The van der Waals surface area contributed by atoms with Crippen LogP contribution in [0.5, 0.6) is 0 Å². The van der Waals surface area contributed by atoms with Crippen molar-refractivity contribution in [1.82, 2.24) is 0 Å². The number of rotatable bonds is 8. The van der Waals surface area contributed by atoms with Crippen LogP contribution in [0.15, 0.2) is 204 Å². The molecule has 46 heavy (non-hydrogen) atoms. The molecule has 2 heteroatoms. The summed E-state index contributed by atoms with van der Waals surface area (Å²) in [5.41, 5.74) is 12.8. The average molecular weight is 589 g/mol. The third-order valence-corrected chi connectivity index (χ3v) is 7.96. The molecule has 0 aliphatic heterocycles. The minimum Gasteiger partial charge on any atom is -0.248 e. The van der Waals surface area contributed by atoms with Gasteiger partial charge in [-0.25, -0.2) is 9.98 Å². The summed E-state index contributed by atoms with van der Waals surface area (Å²) in [7, 11) is 0. The van der Waals surface area contributed by atoms with Crippen LogP contribution in [0.1, 0.15) is 22.3 Å². The highest BCUT2D eigenvalue weighted by atomic mass is 14.8. The van der Waals surface area contributed by atoms with Gasteiger partial charge in [-0.3, -0.25) is 0 Å². The van der Waals surface area contributed by atoms with Crippen LogP contribution in [0, 0.1) is 0 Å². The smallest absolute Gasteiger partial charge is 0.0781 e. The van der Waals surface area contributed by atoms with E-state index in [0.29, 0.717) is 0 Å². The van der Waals surface area contributed by atoms with E-state index in [-0.39, 0.29) is 0 Å². The van der Waals surface area contributed by atoms with Crippen molar-refractivity contribution in [3.05, 3.63) is 216 Å². The van der Waals surface area contributed by atoms with E-state index in [4.69, 9.17) is 9.98 Å². The summed E-state index contributed by atoms with van der Waals surface area (Å²) in [4.78, 5) is 10.1. The number of hydrogen-bond donors (Lipinski definition) is 0. The summed E-state index contributed by atoms with van der Waals surface area (Å²) in [6.45, 7) is 0. The molecular weight excluding hydrogens is 556 g/mol. The second-order valence-electron chi connectivity index (χ2n) is 11.1. The Morgan fingerprint density at radius 2 is 0.457 bits per heavy atom. The fourth-order valence-corrected chi connectivity index (χ4v) is 5.55. The van der Waals surface area contributed by atoms with Crippen LogP contribution < -0.4 is 0 Å². The van der Waals surface area contributed by atoms with Gasteiger partial charge in [-0.1, -0.05) is 170 Å². The van der Waals surface area contributed by atoms with Crippen molar-refractivity contribution in [3.8, 4) is 22.3 Å². The van der Waals surface area contributed by atoms with Gasteiger partial charge in [0.15, 0.2) is 0 Å². The SMILES string of the molecule is c1ccc(C(=Nc2ccc(-c3ccc(-c4ccc(N=C(c5ccccc5)c5ccccc5)cc4)cc3)cc2)c2ccccc2)cc1. The van der Waals surface area contributed by atoms with Gasteiger partial charge >= 0.3 is 0 Å². The van der Waals surface area contributed by atoms with Crippen molar-refractivity contribution < 1.29 is 0 Å². The highest BCUT2D eigenvalue weighted by molar-refractivity contribution is 6.14. The lowest BCUT2D eigenvalue weighted by molar-refractivity contribution is 1.47. The van der Waals surface area contributed by atoms with Crippen molar-refractivity contribution in [3.63, 3.8) is 0 Å². The molecule has 0 amide bonds. The third-order valence-electron chi connectivity index (χ3n) is 7.96. The van der Waals surface area contributed by atoms with E-state index in [9.17, 15) is 0 Å². The highest BCUT2D eigenvalue weighted by Crippen LogP contribution is 2.29. The largest absolute Gasteiger partial charge is 0.248 e. The molecule has 0 unspecified atom stereocenters. The van der Waals surface area contributed by atoms with Gasteiger partial charge in [0.2, 0.25) is 0 Å². The molecule has 7 rings (SSSR count). The molecule has 0 atom stereocenters. The summed E-state index contributed by atoms with van der Waals surface area (Å²) in [6.07, 6.45) is 0. The lowest BCUT2D eigenvalue weighted by Crippen LogP contribution is -2.02. The van der Waals surface area contributed by atoms with Crippen LogP contribution in [0.4, 0.5) is 11.4 Å². The molecule has 0 N–H and O–H groups in total. The first-order valence-electron chi connectivity index (χ1n) is 15.5. The Hall–Kier alpha value is -6.12. The summed E-state index contributed by atoms with van der Waals surface area (Å²) in [5.74, 6) is 0. The predicted octanol–water partition coefficient (Wildman–Crippen LogP) is 11.4. The summed E-state index contributed by atoms with van der Waals surface area (Å²) in [6, 6.07) is 67.1. The number of nitrogens with zero attached hydrogens (tertiary/aromatic N) is 2. The first kappa shape index (κ1) is 28.6. The molecule has 2 nitrogen and oxygen atoms in total. The molecule has 0 heterocycles. The maximum atomic E-state index is 5.05. The molecule has 0 aromatic heterocycles. The van der Waals surface area contributed by atoms with Crippen LogP contribution >= 0.6 is 0 Å². The molecule has 0 saturated carbocycles. The molecule has 0 aliphatic carbocycles. The van der Waals surface area contributed by atoms with Crippen molar-refractivity contribution in [2.75, 3.05) is 0 Å². The van der Waals surface area contributed by atoms with Gasteiger partial charge < -0.3 is 0 Å². The van der Waals surface area contributed by atoms with Crippen LogP contribution in [0.3, 0.4) is 0 Å². The Balaban J connectivity index is 1.10. The van der Waals surface area contributed by atoms with Crippen LogP contribution in [0.2, 0.25) is 0 Å². The Morgan fingerprint density at radius 1 is 0.239 bits per heavy atom. The Kier molecular flexibility index (Phi) is 8.51. The Morgan fingerprint density at radius 3 is 0.696 bits per heavy atom. The zero-order valence-corrected chi connectivity index (χ0v) is 25.4. The molecule has 7 aromatic rings. The Bertz CT molecular complexity index is 1820. The number of hydrogen-bond acceptors (Lipinski definition) is 2. The normalized spacial score (nSPS) is 10.6. The predicted molar refractivity (Wildman–Crippen MR) is 194 cm³/mol. The standard InChI is InChI=1S/C44H32N2/c1-5-13-37(14-6-1)43(38-15-7-2-8-16-38)45-41-29-25-35(26-30-41)33-21-23-34(24-22-33)36-27-31-42(32-28-36)46-44(39-17-9-3-10-18-39)40-19-11-4-12-20-40/h1-32H. The lowest BCUT2D eigenvalue weighted by Gasteiger charge is -2.09. The van der Waals surface area contributed by atoms with Crippen LogP contribution in [-0.4, -0.2) is 11.4 Å². The first-order valence-corrected chi connectivity index (χ1v) is 15.5. The summed E-state index contributed by atoms with van der Waals surface area (Å²) in [5, 5.41) is 0. The minimum atomic E-state index is 0.925. The molecule has 0 radical (unpaired) electrons. The van der Waals surface area contributed by atoms with Crippen molar-refractivity contribution >= 4 is 22.8 Å². The monoisotopic (exact) mass is 588 g/mol. The maximum absolute atomic E-state index is 5.05. The lowest BCUT2D eigenvalue weighted by atomic mass is 9.99. The molecule has 7 aromatic carbocycles. The van der Waals surface area contributed by atoms with Crippen LogP contribution in [0.25, 0.3) is 22.3 Å². The molecule has 0 saturated heterocycles. The van der Waals surface area contributed by atoms with E-state index in [2.05, 4.69) is 170 Å². The van der Waals surface area contributed by atoms with Gasteiger partial charge in [0.25, 0.3) is 0 Å². The van der Waals surface area contributed by atoms with Gasteiger partial charge in [0.05, 0.1) is 22.8 Å². The van der Waals surface area contributed by atoms with Crippen molar-refractivity contribution in [2.24, 2.45) is 9.98 Å². The van der Waals surface area contributed by atoms with E-state index in [0.717, 1.165) is 56.2 Å². The second-order valence-corrected chi connectivity index (χ2v) is 11.1. The first-order chi connectivity index (χ1) is 22.8. The quantitative estimate of drug-likeness (QED) is 0.158. The molecule has 0 fully saturated rings. The van der Waals surface area contributed by atoms with Crippen LogP contribution in [-0.2, 0) is 0 Å². The zero-order chi connectivity index (χ0) is 31.0. The third kappa shape index (κ3) is 6.67. The molecule has 0 bridgehead atoms. The highest BCUT2D eigenvalue weighted by Gasteiger charge is 2.09. The van der Waals surface area contributed by atoms with E-state index in [1.165, 1.54) is 11.1 Å². The molecular formula is C44H32N2. The topological polar surface area (TPSA) is 24.7 Å². The van der Waals surface area contributed by atoms with E-state index < -0.39 is 0 Å². The van der Waals surface area contributed by atoms with Gasteiger partial charge in [-0.15, -0.1) is 0 Å². The molecule has 0 spiro atoms. The fraction of sp³-hybridized carbons (Fsp3) is 0. The van der Waals surface area contributed by atoms with E-state index in [1.54, 1.807) is 0 Å². The summed E-state index contributed by atoms with van der Waals surface area (Å²) < 4.78 is 0. The Labute approximate surface area is 270 Å². The van der Waals surface area contributed by atoms with Gasteiger partial charge in [-0.2, -0.15) is 0 Å². The van der Waals surface area contributed by atoms with Gasteiger partial charge in [0, 0.05) is 22.3 Å². The maximum Gasteiger partial charge on any atom is 0.0781 e. The van der Waals surface area contributed by atoms with Crippen molar-refractivity contribution in [2.45, 2.75) is 0 Å². The summed E-state index contributed by atoms with van der Waals surface area (Å²) >= 11 is 0. The number of benzene rings is 7. The molecule has 0 aliphatic rings. The zero-order valence-electron chi connectivity index (χ0n) is 25.4. The van der Waals surface area contributed by atoms with E-state index >= 15 is 0 Å². The van der Waals surface area contributed by atoms with Gasteiger partial charge in [0.1, 0.15) is 0 Å². The average Bonchev–Trinajstić information content (AvgIpc) is 3.15. The van der Waals surface area contributed by atoms with E-state index in [1.807, 2.05) is 24.3 Å². The fourth-order valence-electron chi connectivity index (χ4n) is 5.55. The minimum absolute atomic E-state index is 0.925. The molecule has 218 valence electrons. The second kappa shape index (κ2) is 13.7. The van der Waals surface area contributed by atoms with Gasteiger partial charge in [-0.05, 0) is 46.5 Å².